The molecule has 1 heterocycles. The van der Waals surface area contributed by atoms with Gasteiger partial charge in [-0.1, -0.05) is 24.3 Å². The van der Waals surface area contributed by atoms with Gasteiger partial charge in [-0.3, -0.25) is 9.36 Å². The molecule has 0 saturated heterocycles. The molecule has 0 aliphatic carbocycles. The van der Waals surface area contributed by atoms with E-state index in [0.29, 0.717) is 12.4 Å². The van der Waals surface area contributed by atoms with Gasteiger partial charge in [0.15, 0.2) is 0 Å². The van der Waals surface area contributed by atoms with Crippen molar-refractivity contribution in [1.82, 2.24) is 19.7 Å². The molecule has 0 spiro atoms. The summed E-state index contributed by atoms with van der Waals surface area (Å²) in [4.78, 5) is 23.6. The summed E-state index contributed by atoms with van der Waals surface area (Å²) in [6.07, 6.45) is 0.772. The molecule has 6 heteroatoms. The first-order valence-electron chi connectivity index (χ1n) is 6.90. The van der Waals surface area contributed by atoms with Crippen molar-refractivity contribution < 1.29 is 4.79 Å². The van der Waals surface area contributed by atoms with Gasteiger partial charge in [0, 0.05) is 13.6 Å². The van der Waals surface area contributed by atoms with Crippen molar-refractivity contribution in [2.75, 3.05) is 6.54 Å². The molecule has 0 atom stereocenters. The molecule has 0 radical (unpaired) electrons. The predicted octanol–water partition coefficient (Wildman–Crippen LogP) is 0.558. The Morgan fingerprint density at radius 2 is 2.00 bits per heavy atom. The van der Waals surface area contributed by atoms with Crippen LogP contribution in [-0.2, 0) is 24.8 Å². The Bertz CT molecular complexity index is 700. The number of nitrogens with one attached hydrogen (secondary N) is 1. The molecule has 0 aliphatic heterocycles. The fraction of sp³-hybridized carbons (Fsp3) is 0.400. The van der Waals surface area contributed by atoms with E-state index in [1.54, 1.807) is 14.0 Å². The van der Waals surface area contributed by atoms with E-state index in [1.165, 1.54) is 20.4 Å². The number of carbonyl (C=O) groups excluding carboxylic acids is 1. The van der Waals surface area contributed by atoms with Gasteiger partial charge >= 0.3 is 5.69 Å². The highest BCUT2D eigenvalue weighted by atomic mass is 16.2. The number of benzene rings is 1. The van der Waals surface area contributed by atoms with Crippen LogP contribution in [0.25, 0.3) is 0 Å². The summed E-state index contributed by atoms with van der Waals surface area (Å²) in [6, 6.07) is 8.08. The van der Waals surface area contributed by atoms with Crippen molar-refractivity contribution in [2.24, 2.45) is 7.05 Å². The molecule has 1 aromatic heterocycles. The van der Waals surface area contributed by atoms with Crippen LogP contribution in [0.2, 0.25) is 0 Å². The molecule has 0 bridgehead atoms. The number of nitrogens with zero attached hydrogens (tertiary/aromatic N) is 3. The van der Waals surface area contributed by atoms with Gasteiger partial charge in [-0.25, -0.2) is 9.48 Å². The molecule has 0 aliphatic rings. The second kappa shape index (κ2) is 6.39. The molecule has 2 aromatic rings. The Morgan fingerprint density at radius 3 is 2.62 bits per heavy atom. The number of hydrogen-bond donors (Lipinski definition) is 1. The van der Waals surface area contributed by atoms with Crippen molar-refractivity contribution in [3.63, 3.8) is 0 Å². The summed E-state index contributed by atoms with van der Waals surface area (Å²) in [5, 5.41) is 6.85. The maximum Gasteiger partial charge on any atom is 0.346 e. The van der Waals surface area contributed by atoms with Crippen molar-refractivity contribution >= 4 is 5.91 Å². The maximum absolute atomic E-state index is 11.8. The Balaban J connectivity index is 1.87. The van der Waals surface area contributed by atoms with Crippen molar-refractivity contribution in [3.05, 3.63) is 51.7 Å². The van der Waals surface area contributed by atoms with Gasteiger partial charge in [0.25, 0.3) is 0 Å². The number of aryl methyl sites for hydroxylation is 2. The molecule has 6 nitrogen and oxygen atoms in total. The van der Waals surface area contributed by atoms with E-state index < -0.39 is 0 Å². The lowest BCUT2D eigenvalue weighted by Crippen LogP contribution is -2.34. The van der Waals surface area contributed by atoms with Gasteiger partial charge in [0.1, 0.15) is 12.4 Å². The van der Waals surface area contributed by atoms with Crippen LogP contribution >= 0.6 is 0 Å². The molecule has 1 aromatic carbocycles. The smallest absolute Gasteiger partial charge is 0.346 e. The minimum Gasteiger partial charge on any atom is -0.354 e. The summed E-state index contributed by atoms with van der Waals surface area (Å²) in [5.41, 5.74) is 2.15. The van der Waals surface area contributed by atoms with Crippen molar-refractivity contribution in [1.29, 1.82) is 0 Å². The molecule has 1 amide bonds. The second-order valence-electron chi connectivity index (χ2n) is 5.07. The SMILES string of the molecule is Cc1ccccc1CCNC(=O)Cn1nc(C)n(C)c1=O. The molecule has 0 unspecified atom stereocenters. The molecule has 2 rings (SSSR count). The minimum absolute atomic E-state index is 0.0473. The first-order valence-corrected chi connectivity index (χ1v) is 6.90. The second-order valence-corrected chi connectivity index (χ2v) is 5.07. The topological polar surface area (TPSA) is 68.9 Å². The van der Waals surface area contributed by atoms with Gasteiger partial charge in [0.05, 0.1) is 0 Å². The van der Waals surface area contributed by atoms with E-state index in [9.17, 15) is 9.59 Å². The zero-order chi connectivity index (χ0) is 15.4. The van der Waals surface area contributed by atoms with Crippen LogP contribution in [0.3, 0.4) is 0 Å². The first kappa shape index (κ1) is 15.0. The number of carbonyl (C=O) groups is 1. The Morgan fingerprint density at radius 1 is 1.29 bits per heavy atom. The average molecular weight is 288 g/mol. The van der Waals surface area contributed by atoms with Crippen molar-refractivity contribution in [3.8, 4) is 0 Å². The van der Waals surface area contributed by atoms with Gasteiger partial charge < -0.3 is 5.32 Å². The van der Waals surface area contributed by atoms with E-state index in [1.807, 2.05) is 31.2 Å². The molecule has 0 saturated carbocycles. The minimum atomic E-state index is -0.276. The predicted molar refractivity (Wildman–Crippen MR) is 80.1 cm³/mol. The molecule has 0 fully saturated rings. The summed E-state index contributed by atoms with van der Waals surface area (Å²) in [6.45, 7) is 4.28. The third kappa shape index (κ3) is 3.59. The Labute approximate surface area is 123 Å². The van der Waals surface area contributed by atoms with Crippen LogP contribution in [0.1, 0.15) is 17.0 Å². The fourth-order valence-corrected chi connectivity index (χ4v) is 2.12. The summed E-state index contributed by atoms with van der Waals surface area (Å²) in [7, 11) is 1.64. The number of hydrogen-bond acceptors (Lipinski definition) is 3. The highest BCUT2D eigenvalue weighted by Crippen LogP contribution is 2.06. The zero-order valence-electron chi connectivity index (χ0n) is 12.6. The van der Waals surface area contributed by atoms with Gasteiger partial charge in [-0.2, -0.15) is 5.10 Å². The summed E-state index contributed by atoms with van der Waals surface area (Å²) in [5.74, 6) is 0.386. The fourth-order valence-electron chi connectivity index (χ4n) is 2.12. The molecule has 1 N–H and O–H groups in total. The van der Waals surface area contributed by atoms with Gasteiger partial charge in [-0.05, 0) is 31.4 Å². The number of aromatic nitrogens is 3. The Hall–Kier alpha value is -2.37. The van der Waals surface area contributed by atoms with Crippen LogP contribution in [0, 0.1) is 13.8 Å². The quantitative estimate of drug-likeness (QED) is 0.874. The molecule has 21 heavy (non-hydrogen) atoms. The first-order chi connectivity index (χ1) is 9.99. The lowest BCUT2D eigenvalue weighted by atomic mass is 10.1. The Kier molecular flexibility index (Phi) is 4.57. The third-order valence-corrected chi connectivity index (χ3v) is 3.53. The van der Waals surface area contributed by atoms with Crippen LogP contribution in [0.4, 0.5) is 0 Å². The molecular weight excluding hydrogens is 268 g/mol. The maximum atomic E-state index is 11.8. The van der Waals surface area contributed by atoms with E-state index in [2.05, 4.69) is 10.4 Å². The van der Waals surface area contributed by atoms with Crippen LogP contribution < -0.4 is 11.0 Å². The van der Waals surface area contributed by atoms with Crippen LogP contribution in [0.15, 0.2) is 29.1 Å². The van der Waals surface area contributed by atoms with Gasteiger partial charge in [0.2, 0.25) is 5.91 Å². The average Bonchev–Trinajstić information content (AvgIpc) is 2.68. The lowest BCUT2D eigenvalue weighted by molar-refractivity contribution is -0.121. The van der Waals surface area contributed by atoms with E-state index >= 15 is 0 Å². The number of rotatable bonds is 5. The van der Waals surface area contributed by atoms with Gasteiger partial charge in [-0.15, -0.1) is 0 Å². The highest BCUT2D eigenvalue weighted by Gasteiger charge is 2.10. The normalized spacial score (nSPS) is 10.6. The zero-order valence-corrected chi connectivity index (χ0v) is 12.6. The standard InChI is InChI=1S/C15H20N4O2/c1-11-6-4-5-7-13(11)8-9-16-14(20)10-19-15(21)18(3)12(2)17-19/h4-7H,8-10H2,1-3H3,(H,16,20). The summed E-state index contributed by atoms with van der Waals surface area (Å²) < 4.78 is 2.60. The molecular formula is C15H20N4O2. The highest BCUT2D eigenvalue weighted by molar-refractivity contribution is 5.75. The van der Waals surface area contributed by atoms with Crippen molar-refractivity contribution in [2.45, 2.75) is 26.8 Å². The van der Waals surface area contributed by atoms with Crippen LogP contribution in [0.5, 0.6) is 0 Å². The largest absolute Gasteiger partial charge is 0.354 e. The monoisotopic (exact) mass is 288 g/mol. The third-order valence-electron chi connectivity index (χ3n) is 3.53. The molecule has 112 valence electrons. The van der Waals surface area contributed by atoms with E-state index in [4.69, 9.17) is 0 Å². The van der Waals surface area contributed by atoms with E-state index in [-0.39, 0.29) is 18.1 Å². The summed E-state index contributed by atoms with van der Waals surface area (Å²) >= 11 is 0. The van der Waals surface area contributed by atoms with Crippen LogP contribution in [-0.4, -0.2) is 26.8 Å². The lowest BCUT2D eigenvalue weighted by Gasteiger charge is -2.07. The number of amides is 1. The van der Waals surface area contributed by atoms with E-state index in [0.717, 1.165) is 6.42 Å².